The van der Waals surface area contributed by atoms with Crippen LogP contribution in [0.5, 0.6) is 0 Å². The highest BCUT2D eigenvalue weighted by atomic mass is 16.5. The van der Waals surface area contributed by atoms with Gasteiger partial charge in [0.25, 0.3) is 0 Å². The zero-order valence-corrected chi connectivity index (χ0v) is 13.7. The SMILES string of the molecule is CN=C(NCCCCOCCOC)NCCc1ccccn1. The van der Waals surface area contributed by atoms with Crippen LogP contribution in [0.15, 0.2) is 29.4 Å². The van der Waals surface area contributed by atoms with E-state index in [2.05, 4.69) is 20.6 Å². The highest BCUT2D eigenvalue weighted by Crippen LogP contribution is 1.93. The Morgan fingerprint density at radius 2 is 2.00 bits per heavy atom. The molecule has 0 radical (unpaired) electrons. The highest BCUT2D eigenvalue weighted by molar-refractivity contribution is 5.79. The number of guanidine groups is 1. The van der Waals surface area contributed by atoms with E-state index >= 15 is 0 Å². The van der Waals surface area contributed by atoms with Crippen molar-refractivity contribution in [3.63, 3.8) is 0 Å². The van der Waals surface area contributed by atoms with Crippen LogP contribution >= 0.6 is 0 Å². The maximum atomic E-state index is 5.42. The van der Waals surface area contributed by atoms with E-state index < -0.39 is 0 Å². The van der Waals surface area contributed by atoms with Crippen molar-refractivity contribution >= 4 is 5.96 Å². The number of ether oxygens (including phenoxy) is 2. The summed E-state index contributed by atoms with van der Waals surface area (Å²) in [5.41, 5.74) is 1.08. The monoisotopic (exact) mass is 308 g/mol. The van der Waals surface area contributed by atoms with Crippen LogP contribution in [-0.2, 0) is 15.9 Å². The lowest BCUT2D eigenvalue weighted by molar-refractivity contribution is 0.0689. The van der Waals surface area contributed by atoms with Crippen molar-refractivity contribution in [1.29, 1.82) is 0 Å². The Labute approximate surface area is 133 Å². The van der Waals surface area contributed by atoms with Gasteiger partial charge in [0.05, 0.1) is 13.2 Å². The molecular formula is C16H28N4O2. The zero-order valence-electron chi connectivity index (χ0n) is 13.7. The first-order valence-corrected chi connectivity index (χ1v) is 7.78. The van der Waals surface area contributed by atoms with Crippen LogP contribution in [0.4, 0.5) is 0 Å². The van der Waals surface area contributed by atoms with Gasteiger partial charge in [-0.1, -0.05) is 6.07 Å². The number of nitrogens with zero attached hydrogens (tertiary/aromatic N) is 2. The second-order valence-corrected chi connectivity index (χ2v) is 4.81. The van der Waals surface area contributed by atoms with Crippen LogP contribution in [0.3, 0.4) is 0 Å². The molecule has 0 saturated carbocycles. The number of pyridine rings is 1. The van der Waals surface area contributed by atoms with Gasteiger partial charge in [-0.15, -0.1) is 0 Å². The molecule has 0 aromatic carbocycles. The molecule has 0 fully saturated rings. The van der Waals surface area contributed by atoms with E-state index in [4.69, 9.17) is 9.47 Å². The third-order valence-electron chi connectivity index (χ3n) is 3.06. The van der Waals surface area contributed by atoms with E-state index in [0.717, 1.165) is 50.6 Å². The molecule has 0 bridgehead atoms. The molecule has 1 aromatic heterocycles. The van der Waals surface area contributed by atoms with Crippen molar-refractivity contribution in [2.45, 2.75) is 19.3 Å². The van der Waals surface area contributed by atoms with Crippen LogP contribution in [0.1, 0.15) is 18.5 Å². The third kappa shape index (κ3) is 9.31. The van der Waals surface area contributed by atoms with E-state index in [-0.39, 0.29) is 0 Å². The van der Waals surface area contributed by atoms with Crippen molar-refractivity contribution in [2.75, 3.05) is 47.1 Å². The minimum absolute atomic E-state index is 0.658. The average Bonchev–Trinajstić information content (AvgIpc) is 2.56. The summed E-state index contributed by atoms with van der Waals surface area (Å²) in [7, 11) is 3.46. The van der Waals surface area contributed by atoms with Crippen LogP contribution in [0.2, 0.25) is 0 Å². The van der Waals surface area contributed by atoms with Gasteiger partial charge in [-0.2, -0.15) is 0 Å². The summed E-state index contributed by atoms with van der Waals surface area (Å²) >= 11 is 0. The Balaban J connectivity index is 2.01. The molecule has 6 nitrogen and oxygen atoms in total. The van der Waals surface area contributed by atoms with E-state index in [1.807, 2.05) is 24.4 Å². The molecule has 1 rings (SSSR count). The van der Waals surface area contributed by atoms with Crippen LogP contribution in [0, 0.1) is 0 Å². The fraction of sp³-hybridized carbons (Fsp3) is 0.625. The zero-order chi connectivity index (χ0) is 15.9. The fourth-order valence-corrected chi connectivity index (χ4v) is 1.86. The van der Waals surface area contributed by atoms with Crippen molar-refractivity contribution in [3.05, 3.63) is 30.1 Å². The van der Waals surface area contributed by atoms with E-state index in [1.54, 1.807) is 14.2 Å². The summed E-state index contributed by atoms with van der Waals surface area (Å²) in [4.78, 5) is 8.50. The molecule has 0 atom stereocenters. The number of hydrogen-bond donors (Lipinski definition) is 2. The fourth-order valence-electron chi connectivity index (χ4n) is 1.86. The van der Waals surface area contributed by atoms with Crippen molar-refractivity contribution in [2.24, 2.45) is 4.99 Å². The number of unbranched alkanes of at least 4 members (excludes halogenated alkanes) is 1. The lowest BCUT2D eigenvalue weighted by atomic mass is 10.3. The molecule has 1 aromatic rings. The number of methoxy groups -OCH3 is 1. The van der Waals surface area contributed by atoms with E-state index in [9.17, 15) is 0 Å². The maximum absolute atomic E-state index is 5.42. The molecule has 0 saturated heterocycles. The van der Waals surface area contributed by atoms with E-state index in [0.29, 0.717) is 13.2 Å². The molecule has 6 heteroatoms. The van der Waals surface area contributed by atoms with Crippen molar-refractivity contribution in [1.82, 2.24) is 15.6 Å². The number of aliphatic imine (C=N–C) groups is 1. The first-order valence-electron chi connectivity index (χ1n) is 7.78. The molecule has 22 heavy (non-hydrogen) atoms. The largest absolute Gasteiger partial charge is 0.382 e. The molecular weight excluding hydrogens is 280 g/mol. The lowest BCUT2D eigenvalue weighted by Crippen LogP contribution is -2.38. The third-order valence-corrected chi connectivity index (χ3v) is 3.06. The van der Waals surface area contributed by atoms with Crippen LogP contribution in [-0.4, -0.2) is 58.0 Å². The van der Waals surface area contributed by atoms with Gasteiger partial charge < -0.3 is 20.1 Å². The number of nitrogens with one attached hydrogen (secondary N) is 2. The van der Waals surface area contributed by atoms with Gasteiger partial charge in [0.2, 0.25) is 0 Å². The summed E-state index contributed by atoms with van der Waals surface area (Å²) in [5, 5.41) is 6.58. The Morgan fingerprint density at radius 1 is 1.14 bits per heavy atom. The standard InChI is InChI=1S/C16H28N4O2/c1-17-16(19-10-5-6-12-22-14-13-21-2)20-11-8-15-7-3-4-9-18-15/h3-4,7,9H,5-6,8,10-14H2,1-2H3,(H2,17,19,20). The summed E-state index contributed by atoms with van der Waals surface area (Å²) in [5.74, 6) is 0.830. The highest BCUT2D eigenvalue weighted by Gasteiger charge is 1.98. The molecule has 0 aliphatic heterocycles. The van der Waals surface area contributed by atoms with Crippen LogP contribution < -0.4 is 10.6 Å². The molecule has 0 spiro atoms. The van der Waals surface area contributed by atoms with Crippen molar-refractivity contribution in [3.8, 4) is 0 Å². The Bertz CT molecular complexity index is 398. The number of rotatable bonds is 11. The smallest absolute Gasteiger partial charge is 0.190 e. The summed E-state index contributed by atoms with van der Waals surface area (Å²) in [6, 6.07) is 5.96. The molecule has 0 aliphatic carbocycles. The minimum atomic E-state index is 0.658. The van der Waals surface area contributed by atoms with Gasteiger partial charge in [-0.25, -0.2) is 0 Å². The first kappa shape index (κ1) is 18.4. The van der Waals surface area contributed by atoms with Gasteiger partial charge >= 0.3 is 0 Å². The van der Waals surface area contributed by atoms with E-state index in [1.165, 1.54) is 0 Å². The van der Waals surface area contributed by atoms with Gasteiger partial charge in [-0.05, 0) is 25.0 Å². The Morgan fingerprint density at radius 3 is 2.73 bits per heavy atom. The molecule has 0 amide bonds. The molecule has 1 heterocycles. The molecule has 0 aliphatic rings. The van der Waals surface area contributed by atoms with Gasteiger partial charge in [0.1, 0.15) is 0 Å². The lowest BCUT2D eigenvalue weighted by Gasteiger charge is -2.11. The predicted octanol–water partition coefficient (Wildman–Crippen LogP) is 1.23. The average molecular weight is 308 g/mol. The second-order valence-electron chi connectivity index (χ2n) is 4.81. The summed E-state index contributed by atoms with van der Waals surface area (Å²) < 4.78 is 10.3. The quantitative estimate of drug-likeness (QED) is 0.366. The summed E-state index contributed by atoms with van der Waals surface area (Å²) in [6.45, 7) is 3.80. The maximum Gasteiger partial charge on any atom is 0.190 e. The Hall–Kier alpha value is -1.66. The Kier molecular flexibility index (Phi) is 10.9. The van der Waals surface area contributed by atoms with Crippen molar-refractivity contribution < 1.29 is 9.47 Å². The minimum Gasteiger partial charge on any atom is -0.382 e. The van der Waals surface area contributed by atoms with Gasteiger partial charge in [0, 0.05) is 52.2 Å². The topological polar surface area (TPSA) is 67.8 Å². The van der Waals surface area contributed by atoms with Crippen LogP contribution in [0.25, 0.3) is 0 Å². The molecule has 2 N–H and O–H groups in total. The molecule has 124 valence electrons. The summed E-state index contributed by atoms with van der Waals surface area (Å²) in [6.07, 6.45) is 4.78. The van der Waals surface area contributed by atoms with Gasteiger partial charge in [-0.3, -0.25) is 9.98 Å². The number of hydrogen-bond acceptors (Lipinski definition) is 4. The van der Waals surface area contributed by atoms with Gasteiger partial charge in [0.15, 0.2) is 5.96 Å². The normalized spacial score (nSPS) is 11.5. The first-order chi connectivity index (χ1) is 10.9. The molecule has 0 unspecified atom stereocenters. The number of aromatic nitrogens is 1. The second kappa shape index (κ2) is 13.0. The predicted molar refractivity (Wildman–Crippen MR) is 89.2 cm³/mol.